The predicted octanol–water partition coefficient (Wildman–Crippen LogP) is 4.04. The summed E-state index contributed by atoms with van der Waals surface area (Å²) < 4.78 is 6.99. The molecule has 118 valence electrons. The maximum absolute atomic E-state index is 10.8. The summed E-state index contributed by atoms with van der Waals surface area (Å²) in [7, 11) is 0. The normalized spacial score (nSPS) is 11.0. The fraction of sp³-hybridized carbons (Fsp3) is 0.0526. The Bertz CT molecular complexity index is 1010. The predicted molar refractivity (Wildman–Crippen MR) is 89.9 cm³/mol. The van der Waals surface area contributed by atoms with E-state index in [0.717, 1.165) is 17.7 Å². The summed E-state index contributed by atoms with van der Waals surface area (Å²) in [6.45, 7) is 0.771. The molecule has 4 rings (SSSR count). The second kappa shape index (κ2) is 5.70. The zero-order valence-corrected chi connectivity index (χ0v) is 12.7. The van der Waals surface area contributed by atoms with Crippen LogP contribution in [-0.2, 0) is 6.54 Å². The van der Waals surface area contributed by atoms with E-state index in [9.17, 15) is 4.79 Å². The molecule has 4 aromatic rings. The van der Waals surface area contributed by atoms with E-state index in [4.69, 9.17) is 9.63 Å². The maximum Gasteiger partial charge on any atom is 0.374 e. The first-order valence-corrected chi connectivity index (χ1v) is 7.54. The van der Waals surface area contributed by atoms with Crippen LogP contribution in [0.3, 0.4) is 0 Å². The second-order valence-corrected chi connectivity index (χ2v) is 5.58. The van der Waals surface area contributed by atoms with Crippen molar-refractivity contribution < 1.29 is 14.4 Å². The van der Waals surface area contributed by atoms with Crippen molar-refractivity contribution in [3.05, 3.63) is 78.2 Å². The van der Waals surface area contributed by atoms with Gasteiger partial charge in [-0.1, -0.05) is 47.6 Å². The Morgan fingerprint density at radius 2 is 1.88 bits per heavy atom. The second-order valence-electron chi connectivity index (χ2n) is 5.58. The topological polar surface area (TPSA) is 68.3 Å². The van der Waals surface area contributed by atoms with E-state index in [0.29, 0.717) is 5.69 Å². The largest absolute Gasteiger partial charge is 0.475 e. The monoisotopic (exact) mass is 318 g/mol. The van der Waals surface area contributed by atoms with Crippen molar-refractivity contribution in [1.82, 2.24) is 9.72 Å². The lowest BCUT2D eigenvalue weighted by molar-refractivity contribution is 0.0652. The van der Waals surface area contributed by atoms with E-state index in [1.165, 1.54) is 17.0 Å². The minimum atomic E-state index is -1.12. The van der Waals surface area contributed by atoms with E-state index in [2.05, 4.69) is 34.1 Å². The molecule has 0 atom stereocenters. The third-order valence-corrected chi connectivity index (χ3v) is 4.00. The summed E-state index contributed by atoms with van der Waals surface area (Å²) in [5, 5.41) is 13.9. The van der Waals surface area contributed by atoms with Gasteiger partial charge in [0.1, 0.15) is 5.69 Å². The first kappa shape index (κ1) is 14.3. The van der Waals surface area contributed by atoms with Crippen molar-refractivity contribution in [2.45, 2.75) is 6.54 Å². The van der Waals surface area contributed by atoms with Gasteiger partial charge in [0.15, 0.2) is 0 Å². The van der Waals surface area contributed by atoms with Gasteiger partial charge in [-0.2, -0.15) is 0 Å². The minimum Gasteiger partial charge on any atom is -0.475 e. The first-order chi connectivity index (χ1) is 11.7. The molecule has 0 amide bonds. The van der Waals surface area contributed by atoms with Crippen LogP contribution in [0.15, 0.2) is 71.4 Å². The van der Waals surface area contributed by atoms with Crippen LogP contribution in [0.5, 0.6) is 0 Å². The molecule has 0 aliphatic heterocycles. The van der Waals surface area contributed by atoms with Gasteiger partial charge in [-0.3, -0.25) is 0 Å². The molecule has 24 heavy (non-hydrogen) atoms. The molecule has 0 unspecified atom stereocenters. The molecule has 0 bridgehead atoms. The van der Waals surface area contributed by atoms with Gasteiger partial charge in [-0.05, 0) is 23.1 Å². The molecule has 2 aromatic heterocycles. The number of hydrogen-bond acceptors (Lipinski definition) is 3. The Morgan fingerprint density at radius 1 is 1.08 bits per heavy atom. The Labute approximate surface area is 137 Å². The van der Waals surface area contributed by atoms with Crippen LogP contribution >= 0.6 is 0 Å². The lowest BCUT2D eigenvalue weighted by Crippen LogP contribution is -1.97. The zero-order chi connectivity index (χ0) is 16.5. The van der Waals surface area contributed by atoms with E-state index < -0.39 is 5.97 Å². The van der Waals surface area contributed by atoms with Gasteiger partial charge >= 0.3 is 5.97 Å². The highest BCUT2D eigenvalue weighted by Gasteiger charge is 2.12. The summed E-state index contributed by atoms with van der Waals surface area (Å²) in [6.07, 6.45) is 2.08. The smallest absolute Gasteiger partial charge is 0.374 e. The number of nitrogens with zero attached hydrogens (tertiary/aromatic N) is 2. The quantitative estimate of drug-likeness (QED) is 0.616. The minimum absolute atomic E-state index is 0.159. The highest BCUT2D eigenvalue weighted by molar-refractivity contribution is 5.85. The fourth-order valence-corrected chi connectivity index (χ4v) is 2.77. The molecule has 0 spiro atoms. The van der Waals surface area contributed by atoms with Crippen LogP contribution in [0, 0.1) is 0 Å². The molecule has 0 fully saturated rings. The SMILES string of the molecule is O=C(O)c1cc(-c2ccc(Cn3ccc4ccccc43)cc2)no1. The van der Waals surface area contributed by atoms with Crippen molar-refractivity contribution in [2.75, 3.05) is 0 Å². The summed E-state index contributed by atoms with van der Waals surface area (Å²) in [5.41, 5.74) is 3.70. The Hall–Kier alpha value is -3.34. The molecule has 2 heterocycles. The van der Waals surface area contributed by atoms with E-state index >= 15 is 0 Å². The van der Waals surface area contributed by atoms with Gasteiger partial charge in [0.05, 0.1) is 0 Å². The highest BCUT2D eigenvalue weighted by Crippen LogP contribution is 2.21. The van der Waals surface area contributed by atoms with Crippen LogP contribution in [0.2, 0.25) is 0 Å². The molecule has 1 N–H and O–H groups in total. The molecule has 0 aliphatic carbocycles. The van der Waals surface area contributed by atoms with Crippen molar-refractivity contribution in [3.63, 3.8) is 0 Å². The average Bonchev–Trinajstić information content (AvgIpc) is 3.24. The summed E-state index contributed by atoms with van der Waals surface area (Å²) in [5.74, 6) is -1.28. The average molecular weight is 318 g/mol. The highest BCUT2D eigenvalue weighted by atomic mass is 16.5. The number of fused-ring (bicyclic) bond motifs is 1. The first-order valence-electron chi connectivity index (χ1n) is 7.54. The summed E-state index contributed by atoms with van der Waals surface area (Å²) >= 11 is 0. The molecular weight excluding hydrogens is 304 g/mol. The Morgan fingerprint density at radius 3 is 2.62 bits per heavy atom. The molecule has 5 nitrogen and oxygen atoms in total. The van der Waals surface area contributed by atoms with Crippen molar-refractivity contribution >= 4 is 16.9 Å². The van der Waals surface area contributed by atoms with Gasteiger partial charge in [0.2, 0.25) is 5.76 Å². The van der Waals surface area contributed by atoms with Gasteiger partial charge in [-0.15, -0.1) is 0 Å². The lowest BCUT2D eigenvalue weighted by Gasteiger charge is -2.06. The number of aromatic carboxylic acids is 1. The van der Waals surface area contributed by atoms with Crippen LogP contribution in [0.4, 0.5) is 0 Å². The van der Waals surface area contributed by atoms with Crippen LogP contribution in [0.1, 0.15) is 16.1 Å². The Balaban J connectivity index is 1.58. The molecule has 0 saturated heterocycles. The van der Waals surface area contributed by atoms with E-state index in [-0.39, 0.29) is 5.76 Å². The summed E-state index contributed by atoms with van der Waals surface area (Å²) in [6, 6.07) is 19.7. The van der Waals surface area contributed by atoms with Crippen molar-refractivity contribution in [1.29, 1.82) is 0 Å². The van der Waals surface area contributed by atoms with Crippen molar-refractivity contribution in [2.24, 2.45) is 0 Å². The molecule has 0 saturated carbocycles. The van der Waals surface area contributed by atoms with E-state index in [1.54, 1.807) is 0 Å². The number of para-hydroxylation sites is 1. The molecular formula is C19H14N2O3. The fourth-order valence-electron chi connectivity index (χ4n) is 2.77. The number of carbonyl (C=O) groups is 1. The number of benzene rings is 2. The number of hydrogen-bond donors (Lipinski definition) is 1. The van der Waals surface area contributed by atoms with E-state index in [1.807, 2.05) is 36.4 Å². The molecule has 2 aromatic carbocycles. The van der Waals surface area contributed by atoms with Gasteiger partial charge in [-0.25, -0.2) is 4.79 Å². The van der Waals surface area contributed by atoms with Crippen LogP contribution in [0.25, 0.3) is 22.2 Å². The number of aromatic nitrogens is 2. The summed E-state index contributed by atoms with van der Waals surface area (Å²) in [4.78, 5) is 10.8. The molecule has 5 heteroatoms. The molecule has 0 radical (unpaired) electrons. The number of rotatable bonds is 4. The lowest BCUT2D eigenvalue weighted by atomic mass is 10.1. The maximum atomic E-state index is 10.8. The number of carboxylic acid groups (broad SMARTS) is 1. The molecule has 0 aliphatic rings. The van der Waals surface area contributed by atoms with Crippen LogP contribution in [-0.4, -0.2) is 20.8 Å². The third kappa shape index (κ3) is 2.56. The Kier molecular flexibility index (Phi) is 3.39. The van der Waals surface area contributed by atoms with Gasteiger partial charge < -0.3 is 14.2 Å². The standard InChI is InChI=1S/C19H14N2O3/c22-19(23)18-11-16(20-24-18)14-7-5-13(6-8-14)12-21-10-9-15-3-1-2-4-17(15)21/h1-11H,12H2,(H,22,23). The van der Waals surface area contributed by atoms with Gasteiger partial charge in [0.25, 0.3) is 0 Å². The van der Waals surface area contributed by atoms with Gasteiger partial charge in [0, 0.05) is 29.9 Å². The van der Waals surface area contributed by atoms with Crippen molar-refractivity contribution in [3.8, 4) is 11.3 Å². The number of carboxylic acids is 1. The third-order valence-electron chi connectivity index (χ3n) is 4.00. The zero-order valence-electron chi connectivity index (χ0n) is 12.7. The van der Waals surface area contributed by atoms with Crippen LogP contribution < -0.4 is 0 Å².